The Morgan fingerprint density at radius 1 is 0.900 bits per heavy atom. The van der Waals surface area contributed by atoms with Crippen LogP contribution in [0.4, 0.5) is 0 Å². The molecule has 0 heterocycles. The predicted molar refractivity (Wildman–Crippen MR) is 81.5 cm³/mol. The third-order valence-corrected chi connectivity index (χ3v) is 2.91. The molecular weight excluding hydrogens is 248 g/mol. The molecule has 0 atom stereocenters. The van der Waals surface area contributed by atoms with Crippen LogP contribution in [-0.4, -0.2) is 6.29 Å². The number of rotatable bonds is 4. The van der Waals surface area contributed by atoms with E-state index in [0.29, 0.717) is 5.56 Å². The fraction of sp³-hybridized carbons (Fsp3) is 0.278. The Kier molecular flexibility index (Phi) is 4.23. The standard InChI is InChI=1S/C18H20O2/c1-18(2,3)12-14-4-8-16(9-5-14)20-17-10-6-15(13-19)7-11-17/h4-11,13H,12H2,1-3H3. The minimum atomic E-state index is 0.285. The van der Waals surface area contributed by atoms with Gasteiger partial charge in [0, 0.05) is 5.56 Å². The van der Waals surface area contributed by atoms with Crippen molar-refractivity contribution < 1.29 is 9.53 Å². The van der Waals surface area contributed by atoms with Gasteiger partial charge in [-0.05, 0) is 53.8 Å². The molecule has 0 N–H and O–H groups in total. The van der Waals surface area contributed by atoms with Crippen LogP contribution in [0, 0.1) is 5.41 Å². The van der Waals surface area contributed by atoms with E-state index in [1.807, 2.05) is 12.1 Å². The molecule has 0 unspecified atom stereocenters. The van der Waals surface area contributed by atoms with Crippen molar-refractivity contribution in [2.24, 2.45) is 5.41 Å². The summed E-state index contributed by atoms with van der Waals surface area (Å²) in [4.78, 5) is 10.6. The Bertz CT molecular complexity index is 560. The van der Waals surface area contributed by atoms with E-state index in [4.69, 9.17) is 4.74 Å². The van der Waals surface area contributed by atoms with E-state index in [0.717, 1.165) is 24.2 Å². The monoisotopic (exact) mass is 268 g/mol. The van der Waals surface area contributed by atoms with Gasteiger partial charge in [-0.25, -0.2) is 0 Å². The van der Waals surface area contributed by atoms with E-state index in [-0.39, 0.29) is 5.41 Å². The summed E-state index contributed by atoms with van der Waals surface area (Å²) < 4.78 is 5.75. The van der Waals surface area contributed by atoms with Crippen molar-refractivity contribution in [3.63, 3.8) is 0 Å². The second kappa shape index (κ2) is 5.91. The minimum Gasteiger partial charge on any atom is -0.457 e. The molecule has 0 aliphatic carbocycles. The number of hydrogen-bond donors (Lipinski definition) is 0. The average molecular weight is 268 g/mol. The lowest BCUT2D eigenvalue weighted by molar-refractivity contribution is 0.112. The molecule has 0 spiro atoms. The summed E-state index contributed by atoms with van der Waals surface area (Å²) >= 11 is 0. The zero-order chi connectivity index (χ0) is 14.6. The number of carbonyl (C=O) groups excluding carboxylic acids is 1. The Morgan fingerprint density at radius 3 is 1.85 bits per heavy atom. The molecule has 2 aromatic rings. The van der Waals surface area contributed by atoms with E-state index in [1.54, 1.807) is 24.3 Å². The van der Waals surface area contributed by atoms with Crippen LogP contribution in [0.2, 0.25) is 0 Å². The van der Waals surface area contributed by atoms with Crippen molar-refractivity contribution in [3.8, 4) is 11.5 Å². The fourth-order valence-corrected chi connectivity index (χ4v) is 2.04. The van der Waals surface area contributed by atoms with Gasteiger partial charge in [-0.2, -0.15) is 0 Å². The molecule has 2 aromatic carbocycles. The highest BCUT2D eigenvalue weighted by Gasteiger charge is 2.11. The quantitative estimate of drug-likeness (QED) is 0.739. The van der Waals surface area contributed by atoms with E-state index in [1.165, 1.54) is 5.56 Å². The predicted octanol–water partition coefficient (Wildman–Crippen LogP) is 4.88. The number of carbonyl (C=O) groups is 1. The molecule has 0 saturated carbocycles. The topological polar surface area (TPSA) is 26.3 Å². The first-order valence-corrected chi connectivity index (χ1v) is 6.78. The van der Waals surface area contributed by atoms with Gasteiger partial charge in [-0.1, -0.05) is 32.9 Å². The highest BCUT2D eigenvalue weighted by atomic mass is 16.5. The molecule has 2 heteroatoms. The molecular formula is C18H20O2. The molecule has 0 aliphatic heterocycles. The number of ether oxygens (including phenoxy) is 1. The molecule has 0 amide bonds. The second-order valence-electron chi connectivity index (χ2n) is 6.17. The smallest absolute Gasteiger partial charge is 0.150 e. The molecule has 0 aliphatic rings. The number of hydrogen-bond acceptors (Lipinski definition) is 2. The first kappa shape index (κ1) is 14.3. The average Bonchev–Trinajstić information content (AvgIpc) is 2.40. The molecule has 0 fully saturated rings. The van der Waals surface area contributed by atoms with Crippen molar-refractivity contribution >= 4 is 6.29 Å². The van der Waals surface area contributed by atoms with Crippen LogP contribution in [0.3, 0.4) is 0 Å². The van der Waals surface area contributed by atoms with Crippen LogP contribution in [0.25, 0.3) is 0 Å². The van der Waals surface area contributed by atoms with Gasteiger partial charge in [-0.3, -0.25) is 4.79 Å². The third kappa shape index (κ3) is 4.23. The van der Waals surface area contributed by atoms with Crippen LogP contribution < -0.4 is 4.74 Å². The lowest BCUT2D eigenvalue weighted by Gasteiger charge is -2.18. The Morgan fingerprint density at radius 2 is 1.40 bits per heavy atom. The number of benzene rings is 2. The Hall–Kier alpha value is -2.09. The van der Waals surface area contributed by atoms with Crippen molar-refractivity contribution in [2.75, 3.05) is 0 Å². The highest BCUT2D eigenvalue weighted by molar-refractivity contribution is 5.74. The van der Waals surface area contributed by atoms with Gasteiger partial charge in [0.2, 0.25) is 0 Å². The summed E-state index contributed by atoms with van der Waals surface area (Å²) in [7, 11) is 0. The Balaban J connectivity index is 2.04. The second-order valence-corrected chi connectivity index (χ2v) is 6.17. The normalized spacial score (nSPS) is 11.2. The van der Waals surface area contributed by atoms with E-state index >= 15 is 0 Å². The highest BCUT2D eigenvalue weighted by Crippen LogP contribution is 2.25. The van der Waals surface area contributed by atoms with Gasteiger partial charge in [0.1, 0.15) is 17.8 Å². The van der Waals surface area contributed by atoms with Gasteiger partial charge in [0.15, 0.2) is 0 Å². The van der Waals surface area contributed by atoms with Crippen LogP contribution in [0.1, 0.15) is 36.7 Å². The number of aldehydes is 1. The van der Waals surface area contributed by atoms with E-state index < -0.39 is 0 Å². The van der Waals surface area contributed by atoms with Gasteiger partial charge < -0.3 is 4.74 Å². The molecule has 104 valence electrons. The van der Waals surface area contributed by atoms with Crippen molar-refractivity contribution in [1.29, 1.82) is 0 Å². The molecule has 0 bridgehead atoms. The fourth-order valence-electron chi connectivity index (χ4n) is 2.04. The van der Waals surface area contributed by atoms with Gasteiger partial charge >= 0.3 is 0 Å². The zero-order valence-corrected chi connectivity index (χ0v) is 12.2. The summed E-state index contributed by atoms with van der Waals surface area (Å²) in [6.45, 7) is 6.68. The molecule has 2 nitrogen and oxygen atoms in total. The summed E-state index contributed by atoms with van der Waals surface area (Å²) in [5.74, 6) is 1.54. The molecule has 2 rings (SSSR count). The molecule has 0 saturated heterocycles. The Labute approximate surface area is 120 Å². The van der Waals surface area contributed by atoms with E-state index in [9.17, 15) is 4.79 Å². The lowest BCUT2D eigenvalue weighted by Crippen LogP contribution is -2.08. The summed E-state index contributed by atoms with van der Waals surface area (Å²) in [6.07, 6.45) is 1.87. The summed E-state index contributed by atoms with van der Waals surface area (Å²) in [6, 6.07) is 15.2. The van der Waals surface area contributed by atoms with Crippen molar-refractivity contribution in [1.82, 2.24) is 0 Å². The van der Waals surface area contributed by atoms with Gasteiger partial charge in [-0.15, -0.1) is 0 Å². The van der Waals surface area contributed by atoms with Crippen LogP contribution in [-0.2, 0) is 6.42 Å². The van der Waals surface area contributed by atoms with E-state index in [2.05, 4.69) is 32.9 Å². The molecule has 0 radical (unpaired) electrons. The zero-order valence-electron chi connectivity index (χ0n) is 12.2. The summed E-state index contributed by atoms with van der Waals surface area (Å²) in [5, 5.41) is 0. The molecule has 0 aromatic heterocycles. The third-order valence-electron chi connectivity index (χ3n) is 2.91. The first-order valence-electron chi connectivity index (χ1n) is 6.78. The van der Waals surface area contributed by atoms with Crippen LogP contribution >= 0.6 is 0 Å². The van der Waals surface area contributed by atoms with Gasteiger partial charge in [0.25, 0.3) is 0 Å². The SMILES string of the molecule is CC(C)(C)Cc1ccc(Oc2ccc(C=O)cc2)cc1. The van der Waals surface area contributed by atoms with Gasteiger partial charge in [0.05, 0.1) is 0 Å². The van der Waals surface area contributed by atoms with Crippen molar-refractivity contribution in [3.05, 3.63) is 59.7 Å². The minimum absolute atomic E-state index is 0.285. The molecule has 20 heavy (non-hydrogen) atoms. The maximum absolute atomic E-state index is 10.6. The van der Waals surface area contributed by atoms with Crippen LogP contribution in [0.5, 0.6) is 11.5 Å². The largest absolute Gasteiger partial charge is 0.457 e. The van der Waals surface area contributed by atoms with Crippen molar-refractivity contribution in [2.45, 2.75) is 27.2 Å². The summed E-state index contributed by atoms with van der Waals surface area (Å²) in [5.41, 5.74) is 2.24. The lowest BCUT2D eigenvalue weighted by atomic mass is 9.88. The van der Waals surface area contributed by atoms with Crippen LogP contribution in [0.15, 0.2) is 48.5 Å². The maximum Gasteiger partial charge on any atom is 0.150 e. The maximum atomic E-state index is 10.6. The first-order chi connectivity index (χ1) is 9.46.